The monoisotopic (exact) mass is 398 g/mol. The third-order valence-corrected chi connectivity index (χ3v) is 5.82. The molecule has 0 aromatic heterocycles. The second-order valence-electron chi connectivity index (χ2n) is 8.03. The topological polar surface area (TPSA) is 89.2 Å². The quantitative estimate of drug-likeness (QED) is 0.234. The van der Waals surface area contributed by atoms with Crippen LogP contribution in [-0.4, -0.2) is 43.0 Å². The zero-order chi connectivity index (χ0) is 20.4. The number of alkyl halides is 1. The van der Waals surface area contributed by atoms with Crippen LogP contribution in [0.5, 0.6) is 0 Å². The number of carbonyl (C=O) groups excluding carboxylic acids is 1. The summed E-state index contributed by atoms with van der Waals surface area (Å²) < 4.78 is 13.5. The van der Waals surface area contributed by atoms with Crippen molar-refractivity contribution < 1.29 is 9.18 Å². The van der Waals surface area contributed by atoms with Crippen molar-refractivity contribution >= 4 is 5.91 Å². The highest BCUT2D eigenvalue weighted by atomic mass is 19.1. The standard InChI is InChI=1S/C20H39FN6O/c1-4-17(25-20(28)5-2)12-18(26-27-19-13-22-10-11-23-19)24-14(3)15-6-8-16(21)9-7-15/h10-11,14-19,22-24,26-27H,4-9,12-13H2,1-3H3,(H,25,28)/t14-,15?,16?,17?,18?,19?/m0/s1. The largest absolute Gasteiger partial charge is 0.386 e. The van der Waals surface area contributed by atoms with Crippen molar-refractivity contribution in [1.29, 1.82) is 0 Å². The van der Waals surface area contributed by atoms with E-state index in [0.717, 1.165) is 32.2 Å². The Morgan fingerprint density at radius 3 is 2.57 bits per heavy atom. The first kappa shape index (κ1) is 22.9. The smallest absolute Gasteiger partial charge is 0.219 e. The van der Waals surface area contributed by atoms with E-state index in [2.05, 4.69) is 46.0 Å². The van der Waals surface area contributed by atoms with E-state index in [1.165, 1.54) is 0 Å². The van der Waals surface area contributed by atoms with Crippen molar-refractivity contribution in [2.24, 2.45) is 5.92 Å². The van der Waals surface area contributed by atoms with Crippen molar-refractivity contribution in [2.45, 2.75) is 96.3 Å². The molecule has 162 valence electrons. The number of nitrogens with one attached hydrogen (secondary N) is 6. The molecular weight excluding hydrogens is 359 g/mol. The average Bonchev–Trinajstić information content (AvgIpc) is 2.72. The van der Waals surface area contributed by atoms with Crippen LogP contribution in [0.1, 0.15) is 65.7 Å². The number of hydrogen-bond donors (Lipinski definition) is 6. The average molecular weight is 399 g/mol. The summed E-state index contributed by atoms with van der Waals surface area (Å²) in [4.78, 5) is 11.8. The minimum atomic E-state index is -0.634. The number of halogens is 1. The lowest BCUT2D eigenvalue weighted by molar-refractivity contribution is -0.121. The predicted molar refractivity (Wildman–Crippen MR) is 111 cm³/mol. The summed E-state index contributed by atoms with van der Waals surface area (Å²) in [6.07, 6.45) is 8.53. The predicted octanol–water partition coefficient (Wildman–Crippen LogP) is 1.60. The van der Waals surface area contributed by atoms with E-state index >= 15 is 0 Å². The first-order valence-corrected chi connectivity index (χ1v) is 10.9. The summed E-state index contributed by atoms with van der Waals surface area (Å²) in [5.41, 5.74) is 6.73. The van der Waals surface area contributed by atoms with Crippen LogP contribution in [0.15, 0.2) is 12.4 Å². The molecule has 6 N–H and O–H groups in total. The summed E-state index contributed by atoms with van der Waals surface area (Å²) in [5.74, 6) is 0.565. The van der Waals surface area contributed by atoms with Crippen molar-refractivity contribution in [2.75, 3.05) is 6.54 Å². The zero-order valence-corrected chi connectivity index (χ0v) is 17.6. The third-order valence-electron chi connectivity index (χ3n) is 5.82. The third kappa shape index (κ3) is 7.93. The molecule has 3 unspecified atom stereocenters. The highest BCUT2D eigenvalue weighted by molar-refractivity contribution is 5.75. The van der Waals surface area contributed by atoms with Gasteiger partial charge in [-0.1, -0.05) is 13.8 Å². The Hall–Kier alpha value is -1.38. The Kier molecular flexibility index (Phi) is 10.0. The van der Waals surface area contributed by atoms with Crippen LogP contribution in [-0.2, 0) is 4.79 Å². The highest BCUT2D eigenvalue weighted by Gasteiger charge is 2.27. The van der Waals surface area contributed by atoms with Crippen molar-refractivity contribution in [3.63, 3.8) is 0 Å². The molecule has 2 aliphatic rings. The maximum atomic E-state index is 13.5. The van der Waals surface area contributed by atoms with Crippen molar-refractivity contribution in [3.8, 4) is 0 Å². The molecule has 1 aliphatic heterocycles. The molecule has 0 radical (unpaired) electrons. The van der Waals surface area contributed by atoms with Crippen LogP contribution < -0.4 is 32.1 Å². The molecular formula is C20H39FN6O. The maximum absolute atomic E-state index is 13.5. The van der Waals surface area contributed by atoms with Gasteiger partial charge >= 0.3 is 0 Å². The Morgan fingerprint density at radius 1 is 1.21 bits per heavy atom. The fourth-order valence-corrected chi connectivity index (χ4v) is 3.90. The summed E-state index contributed by atoms with van der Waals surface area (Å²) in [7, 11) is 0. The van der Waals surface area contributed by atoms with Crippen LogP contribution in [0.4, 0.5) is 4.39 Å². The molecule has 1 heterocycles. The van der Waals surface area contributed by atoms with E-state index in [-0.39, 0.29) is 30.3 Å². The molecule has 1 saturated carbocycles. The van der Waals surface area contributed by atoms with E-state index in [4.69, 9.17) is 0 Å². The summed E-state index contributed by atoms with van der Waals surface area (Å²) in [6.45, 7) is 6.92. The lowest BCUT2D eigenvalue weighted by atomic mass is 9.83. The Morgan fingerprint density at radius 2 is 1.96 bits per heavy atom. The lowest BCUT2D eigenvalue weighted by Gasteiger charge is -2.35. The van der Waals surface area contributed by atoms with Gasteiger partial charge in [0.2, 0.25) is 5.91 Å². The first-order chi connectivity index (χ1) is 13.5. The number of rotatable bonds is 11. The number of hydrazine groups is 1. The zero-order valence-electron chi connectivity index (χ0n) is 17.6. The maximum Gasteiger partial charge on any atom is 0.219 e. The molecule has 7 nitrogen and oxygen atoms in total. The van der Waals surface area contributed by atoms with Gasteiger partial charge < -0.3 is 16.0 Å². The van der Waals surface area contributed by atoms with Gasteiger partial charge in [-0.3, -0.25) is 10.1 Å². The molecule has 28 heavy (non-hydrogen) atoms. The molecule has 1 aliphatic carbocycles. The number of carbonyl (C=O) groups is 1. The van der Waals surface area contributed by atoms with Crippen molar-refractivity contribution in [3.05, 3.63) is 12.4 Å². The van der Waals surface area contributed by atoms with Crippen LogP contribution in [0.25, 0.3) is 0 Å². The minimum absolute atomic E-state index is 0.00656. The fourth-order valence-electron chi connectivity index (χ4n) is 3.90. The number of amides is 1. The molecule has 1 fully saturated rings. The van der Waals surface area contributed by atoms with Gasteiger partial charge in [0, 0.05) is 37.4 Å². The van der Waals surface area contributed by atoms with Gasteiger partial charge in [-0.05, 0) is 51.4 Å². The van der Waals surface area contributed by atoms with Crippen LogP contribution >= 0.6 is 0 Å². The second-order valence-corrected chi connectivity index (χ2v) is 8.03. The van der Waals surface area contributed by atoms with Gasteiger partial charge in [0.1, 0.15) is 12.3 Å². The van der Waals surface area contributed by atoms with E-state index in [0.29, 0.717) is 25.2 Å². The van der Waals surface area contributed by atoms with Gasteiger partial charge in [0.15, 0.2) is 0 Å². The fraction of sp³-hybridized carbons (Fsp3) is 0.850. The van der Waals surface area contributed by atoms with E-state index in [1.807, 2.05) is 19.3 Å². The molecule has 1 amide bonds. The molecule has 2 rings (SSSR count). The summed E-state index contributed by atoms with van der Waals surface area (Å²) in [6, 6.07) is 0.383. The minimum Gasteiger partial charge on any atom is -0.386 e. The van der Waals surface area contributed by atoms with Crippen molar-refractivity contribution in [1.82, 2.24) is 32.1 Å². The van der Waals surface area contributed by atoms with Crippen LogP contribution in [0.2, 0.25) is 0 Å². The van der Waals surface area contributed by atoms with Gasteiger partial charge in [0.25, 0.3) is 0 Å². The van der Waals surface area contributed by atoms with E-state index < -0.39 is 6.17 Å². The second kappa shape index (κ2) is 12.2. The lowest BCUT2D eigenvalue weighted by Crippen LogP contribution is -2.61. The normalized spacial score (nSPS) is 27.9. The Bertz CT molecular complexity index is 483. The van der Waals surface area contributed by atoms with Crippen LogP contribution in [0, 0.1) is 5.92 Å². The molecule has 0 aromatic carbocycles. The molecule has 0 saturated heterocycles. The van der Waals surface area contributed by atoms with E-state index in [9.17, 15) is 9.18 Å². The van der Waals surface area contributed by atoms with Gasteiger partial charge in [-0.25, -0.2) is 15.2 Å². The molecule has 4 atom stereocenters. The number of hydrogen-bond acceptors (Lipinski definition) is 6. The van der Waals surface area contributed by atoms with Crippen LogP contribution in [0.3, 0.4) is 0 Å². The SMILES string of the molecule is CCC(=O)NC(CC)CC(NNC1CNC=CN1)N[C@@H](C)C1CCC(F)CC1. The van der Waals surface area contributed by atoms with Gasteiger partial charge in [0.05, 0.1) is 6.17 Å². The summed E-state index contributed by atoms with van der Waals surface area (Å²) >= 11 is 0. The summed E-state index contributed by atoms with van der Waals surface area (Å²) in [5, 5.41) is 13.2. The molecule has 0 spiro atoms. The van der Waals surface area contributed by atoms with E-state index in [1.54, 1.807) is 0 Å². The Labute approximate surface area is 169 Å². The van der Waals surface area contributed by atoms with Gasteiger partial charge in [-0.2, -0.15) is 0 Å². The molecule has 0 aromatic rings. The Balaban J connectivity index is 1.91. The molecule has 0 bridgehead atoms. The highest BCUT2D eigenvalue weighted by Crippen LogP contribution is 2.28. The molecule has 8 heteroatoms. The first-order valence-electron chi connectivity index (χ1n) is 10.9. The van der Waals surface area contributed by atoms with Gasteiger partial charge in [-0.15, -0.1) is 0 Å².